The Morgan fingerprint density at radius 1 is 1.15 bits per heavy atom. The number of hydrogen-bond acceptors (Lipinski definition) is 5. The summed E-state index contributed by atoms with van der Waals surface area (Å²) in [7, 11) is 0. The van der Waals surface area contributed by atoms with Crippen molar-refractivity contribution in [1.82, 2.24) is 9.88 Å². The fourth-order valence-electron chi connectivity index (χ4n) is 4.21. The van der Waals surface area contributed by atoms with Crippen molar-refractivity contribution in [2.75, 3.05) is 31.1 Å². The number of hydrogen-bond donors (Lipinski definition) is 1. The quantitative estimate of drug-likeness (QED) is 0.497. The molecule has 1 aliphatic rings. The van der Waals surface area contributed by atoms with Gasteiger partial charge >= 0.3 is 0 Å². The van der Waals surface area contributed by atoms with E-state index in [4.69, 9.17) is 29.8 Å². The third-order valence-corrected chi connectivity index (χ3v) is 6.46. The van der Waals surface area contributed by atoms with Crippen LogP contribution in [0.4, 0.5) is 11.4 Å². The van der Waals surface area contributed by atoms with Gasteiger partial charge in [-0.2, -0.15) is 5.26 Å². The van der Waals surface area contributed by atoms with Crippen LogP contribution in [0, 0.1) is 17.9 Å². The van der Waals surface area contributed by atoms with Crippen molar-refractivity contribution >= 4 is 34.6 Å². The number of halogens is 2. The Morgan fingerprint density at radius 2 is 1.94 bits per heavy atom. The molecular formula is C25H21Cl2N5O. The Balaban J connectivity index is 1.68. The van der Waals surface area contributed by atoms with Gasteiger partial charge in [-0.3, -0.25) is 9.88 Å². The minimum atomic E-state index is -0.293. The molecule has 0 amide bonds. The highest BCUT2D eigenvalue weighted by Crippen LogP contribution is 2.38. The van der Waals surface area contributed by atoms with E-state index < -0.39 is 0 Å². The van der Waals surface area contributed by atoms with Gasteiger partial charge in [0.1, 0.15) is 0 Å². The molecule has 166 valence electrons. The van der Waals surface area contributed by atoms with Crippen LogP contribution in [0.3, 0.4) is 0 Å². The Morgan fingerprint density at radius 3 is 2.55 bits per heavy atom. The minimum Gasteiger partial charge on any atom is -0.394 e. The van der Waals surface area contributed by atoms with Crippen LogP contribution in [0.2, 0.25) is 10.0 Å². The molecule has 1 aromatic heterocycles. The first-order valence-electron chi connectivity index (χ1n) is 10.4. The number of aromatic nitrogens is 1. The van der Waals surface area contributed by atoms with E-state index in [0.717, 1.165) is 16.9 Å². The standard InChI is InChI=1S/C25H21Cl2N5O/c1-29-20-7-8-22(30-14-20)25(16-33)31-10-11-32(23-9-2-17(13-28)12-21(23)27)24(15-31)18-3-5-19(26)6-4-18/h2-9,12,14,24-25,33H,10-11,15-16H2/t24-,25+/m0/s1. The van der Waals surface area contributed by atoms with Crippen LogP contribution in [0.5, 0.6) is 0 Å². The topological polar surface area (TPSA) is 67.8 Å². The largest absolute Gasteiger partial charge is 0.394 e. The Labute approximate surface area is 203 Å². The van der Waals surface area contributed by atoms with Crippen molar-refractivity contribution in [3.05, 3.63) is 99.1 Å². The first kappa shape index (κ1) is 23.0. The maximum absolute atomic E-state index is 10.2. The van der Waals surface area contributed by atoms with Gasteiger partial charge in [-0.1, -0.05) is 41.4 Å². The molecule has 2 aromatic carbocycles. The lowest BCUT2D eigenvalue weighted by Crippen LogP contribution is -2.50. The zero-order chi connectivity index (χ0) is 23.4. The molecule has 0 unspecified atom stereocenters. The first-order valence-corrected chi connectivity index (χ1v) is 11.2. The summed E-state index contributed by atoms with van der Waals surface area (Å²) in [6.07, 6.45) is 1.54. The summed E-state index contributed by atoms with van der Waals surface area (Å²) in [4.78, 5) is 12.2. The minimum absolute atomic E-state index is 0.0574. The van der Waals surface area contributed by atoms with Gasteiger partial charge in [-0.15, -0.1) is 0 Å². The van der Waals surface area contributed by atoms with E-state index in [1.54, 1.807) is 24.3 Å². The third-order valence-electron chi connectivity index (χ3n) is 5.91. The van der Waals surface area contributed by atoms with Crippen LogP contribution in [0.25, 0.3) is 4.85 Å². The summed E-state index contributed by atoms with van der Waals surface area (Å²) >= 11 is 12.7. The molecule has 0 radical (unpaired) electrons. The molecule has 2 heterocycles. The summed E-state index contributed by atoms with van der Waals surface area (Å²) < 4.78 is 0. The highest BCUT2D eigenvalue weighted by molar-refractivity contribution is 6.33. The highest BCUT2D eigenvalue weighted by Gasteiger charge is 2.33. The molecular weight excluding hydrogens is 457 g/mol. The van der Waals surface area contributed by atoms with Crippen LogP contribution in [-0.4, -0.2) is 41.2 Å². The predicted molar refractivity (Wildman–Crippen MR) is 130 cm³/mol. The van der Waals surface area contributed by atoms with E-state index in [0.29, 0.717) is 40.9 Å². The van der Waals surface area contributed by atoms with Crippen molar-refractivity contribution < 1.29 is 5.11 Å². The molecule has 1 aliphatic heterocycles. The van der Waals surface area contributed by atoms with Gasteiger partial charge in [-0.05, 0) is 42.0 Å². The average Bonchev–Trinajstić information content (AvgIpc) is 2.85. The third kappa shape index (κ3) is 4.95. The summed E-state index contributed by atoms with van der Waals surface area (Å²) in [5.74, 6) is 0. The summed E-state index contributed by atoms with van der Waals surface area (Å²) in [5, 5.41) is 20.6. The fourth-order valence-corrected chi connectivity index (χ4v) is 4.63. The maximum atomic E-state index is 10.2. The van der Waals surface area contributed by atoms with Crippen LogP contribution >= 0.6 is 23.2 Å². The van der Waals surface area contributed by atoms with E-state index in [-0.39, 0.29) is 18.7 Å². The SMILES string of the molecule is [C-]#[N+]c1ccc([C@@H](CO)N2CCN(c3ccc(C#N)cc3Cl)[C@H](c3ccc(Cl)cc3)C2)nc1. The lowest BCUT2D eigenvalue weighted by Gasteiger charge is -2.45. The molecule has 1 saturated heterocycles. The smallest absolute Gasteiger partial charge is 0.205 e. The van der Waals surface area contributed by atoms with Crippen LogP contribution in [0.1, 0.15) is 28.9 Å². The van der Waals surface area contributed by atoms with Gasteiger partial charge in [-0.25, -0.2) is 4.85 Å². The number of nitrogens with zero attached hydrogens (tertiary/aromatic N) is 5. The van der Waals surface area contributed by atoms with Crippen molar-refractivity contribution in [2.24, 2.45) is 0 Å². The van der Waals surface area contributed by atoms with Crippen molar-refractivity contribution in [2.45, 2.75) is 12.1 Å². The number of aliphatic hydroxyl groups excluding tert-OH is 1. The van der Waals surface area contributed by atoms with Gasteiger partial charge in [0.15, 0.2) is 0 Å². The molecule has 6 nitrogen and oxygen atoms in total. The number of rotatable bonds is 5. The number of benzene rings is 2. The molecule has 33 heavy (non-hydrogen) atoms. The van der Waals surface area contributed by atoms with Gasteiger partial charge in [0.05, 0.1) is 53.3 Å². The molecule has 0 bridgehead atoms. The summed E-state index contributed by atoms with van der Waals surface area (Å²) in [6.45, 7) is 9.00. The number of aliphatic hydroxyl groups is 1. The molecule has 1 N–H and O–H groups in total. The van der Waals surface area contributed by atoms with Crippen LogP contribution in [-0.2, 0) is 0 Å². The first-order chi connectivity index (χ1) is 16.0. The molecule has 0 aliphatic carbocycles. The Kier molecular flexibility index (Phi) is 7.13. The second-order valence-corrected chi connectivity index (χ2v) is 8.63. The normalized spacial score (nSPS) is 17.2. The zero-order valence-electron chi connectivity index (χ0n) is 17.7. The second kappa shape index (κ2) is 10.2. The van der Waals surface area contributed by atoms with Gasteiger partial charge in [0.2, 0.25) is 5.69 Å². The Hall–Kier alpha value is -3.13. The van der Waals surface area contributed by atoms with E-state index in [9.17, 15) is 10.4 Å². The van der Waals surface area contributed by atoms with E-state index in [1.807, 2.05) is 30.3 Å². The van der Waals surface area contributed by atoms with Crippen LogP contribution < -0.4 is 4.90 Å². The van der Waals surface area contributed by atoms with Crippen molar-refractivity contribution in [3.8, 4) is 6.07 Å². The molecule has 0 spiro atoms. The highest BCUT2D eigenvalue weighted by atomic mass is 35.5. The molecule has 2 atom stereocenters. The van der Waals surface area contributed by atoms with E-state index in [2.05, 4.69) is 25.7 Å². The lowest BCUT2D eigenvalue weighted by molar-refractivity contribution is 0.100. The number of anilines is 1. The van der Waals surface area contributed by atoms with E-state index in [1.165, 1.54) is 6.20 Å². The molecule has 8 heteroatoms. The lowest BCUT2D eigenvalue weighted by atomic mass is 9.99. The number of piperazine rings is 1. The predicted octanol–water partition coefficient (Wildman–Crippen LogP) is 5.41. The molecule has 4 rings (SSSR count). The summed E-state index contributed by atoms with van der Waals surface area (Å²) in [6, 6.07) is 18.4. The van der Waals surface area contributed by atoms with Crippen LogP contribution in [0.15, 0.2) is 60.8 Å². The van der Waals surface area contributed by atoms with Gasteiger partial charge in [0, 0.05) is 30.9 Å². The number of nitriles is 1. The average molecular weight is 478 g/mol. The van der Waals surface area contributed by atoms with Gasteiger partial charge < -0.3 is 10.0 Å². The zero-order valence-corrected chi connectivity index (χ0v) is 19.2. The van der Waals surface area contributed by atoms with Gasteiger partial charge in [0.25, 0.3) is 0 Å². The van der Waals surface area contributed by atoms with E-state index >= 15 is 0 Å². The fraction of sp³-hybridized carbons (Fsp3) is 0.240. The monoisotopic (exact) mass is 477 g/mol. The molecule has 0 saturated carbocycles. The molecule has 1 fully saturated rings. The molecule has 3 aromatic rings. The second-order valence-electron chi connectivity index (χ2n) is 7.79. The van der Waals surface area contributed by atoms with Crippen molar-refractivity contribution in [1.29, 1.82) is 5.26 Å². The maximum Gasteiger partial charge on any atom is 0.205 e. The Bertz CT molecular complexity index is 1200. The van der Waals surface area contributed by atoms with Crippen molar-refractivity contribution in [3.63, 3.8) is 0 Å². The number of pyridine rings is 1. The summed E-state index contributed by atoms with van der Waals surface area (Å²) in [5.41, 5.74) is 3.63.